The summed E-state index contributed by atoms with van der Waals surface area (Å²) in [7, 11) is 3.08. The van der Waals surface area contributed by atoms with Gasteiger partial charge in [0, 0.05) is 19.7 Å². The van der Waals surface area contributed by atoms with Crippen molar-refractivity contribution in [1.29, 1.82) is 0 Å². The summed E-state index contributed by atoms with van der Waals surface area (Å²) in [6.45, 7) is 3.31. The molecule has 0 aliphatic rings. The molecule has 0 radical (unpaired) electrons. The van der Waals surface area contributed by atoms with Crippen molar-refractivity contribution in [1.82, 2.24) is 0 Å². The van der Waals surface area contributed by atoms with Crippen molar-refractivity contribution in [3.63, 3.8) is 0 Å². The highest BCUT2D eigenvalue weighted by molar-refractivity contribution is 6.08. The van der Waals surface area contributed by atoms with Crippen LogP contribution in [0.2, 0.25) is 0 Å². The zero-order valence-electron chi connectivity index (χ0n) is 8.55. The van der Waals surface area contributed by atoms with Crippen LogP contribution in [0.5, 0.6) is 0 Å². The molecule has 0 heterocycles. The standard InChI is InChI=1S/C11H11F2NO/c1-4-9(15)7-5-6-8(12)10(13)11(7)14(2)3/h4-6H,1H2,2-3H3. The number of benzene rings is 1. The Kier molecular flexibility index (Phi) is 3.19. The Bertz CT molecular complexity index is 413. The van der Waals surface area contributed by atoms with E-state index >= 15 is 0 Å². The molecule has 0 spiro atoms. The zero-order chi connectivity index (χ0) is 11.6. The summed E-state index contributed by atoms with van der Waals surface area (Å²) in [5.74, 6) is -2.43. The number of carbonyl (C=O) groups excluding carboxylic acids is 1. The second kappa shape index (κ2) is 4.21. The fraction of sp³-hybridized carbons (Fsp3) is 0.182. The van der Waals surface area contributed by atoms with E-state index in [-0.39, 0.29) is 11.3 Å². The number of ketones is 1. The molecule has 0 bridgehead atoms. The van der Waals surface area contributed by atoms with Gasteiger partial charge in [-0.3, -0.25) is 4.79 Å². The average Bonchev–Trinajstić information content (AvgIpc) is 2.20. The van der Waals surface area contributed by atoms with Crippen molar-refractivity contribution < 1.29 is 13.6 Å². The molecule has 0 fully saturated rings. The van der Waals surface area contributed by atoms with Crippen molar-refractivity contribution >= 4 is 11.5 Å². The molecule has 15 heavy (non-hydrogen) atoms. The highest BCUT2D eigenvalue weighted by Crippen LogP contribution is 2.25. The van der Waals surface area contributed by atoms with Gasteiger partial charge in [-0.05, 0) is 18.2 Å². The molecule has 0 aromatic heterocycles. The Morgan fingerprint density at radius 2 is 2.00 bits per heavy atom. The number of rotatable bonds is 3. The molecule has 1 rings (SSSR count). The van der Waals surface area contributed by atoms with Gasteiger partial charge in [-0.1, -0.05) is 6.58 Å². The Labute approximate surface area is 86.8 Å². The first kappa shape index (κ1) is 11.4. The second-order valence-electron chi connectivity index (χ2n) is 3.22. The third-order valence-corrected chi connectivity index (χ3v) is 1.97. The van der Waals surface area contributed by atoms with Crippen molar-refractivity contribution in [2.24, 2.45) is 0 Å². The zero-order valence-corrected chi connectivity index (χ0v) is 8.55. The average molecular weight is 211 g/mol. The van der Waals surface area contributed by atoms with E-state index in [1.807, 2.05) is 0 Å². The van der Waals surface area contributed by atoms with E-state index in [9.17, 15) is 13.6 Å². The molecular weight excluding hydrogens is 200 g/mol. The smallest absolute Gasteiger partial charge is 0.187 e. The Balaban J connectivity index is 3.46. The van der Waals surface area contributed by atoms with Crippen LogP contribution in [0.1, 0.15) is 10.4 Å². The molecule has 0 saturated heterocycles. The van der Waals surface area contributed by atoms with Crippen LogP contribution in [0.3, 0.4) is 0 Å². The monoisotopic (exact) mass is 211 g/mol. The number of allylic oxidation sites excluding steroid dienone is 1. The summed E-state index contributed by atoms with van der Waals surface area (Å²) in [6, 6.07) is 2.18. The fourth-order valence-corrected chi connectivity index (χ4v) is 1.29. The normalized spacial score (nSPS) is 9.87. The van der Waals surface area contributed by atoms with Gasteiger partial charge in [-0.15, -0.1) is 0 Å². The van der Waals surface area contributed by atoms with E-state index in [0.717, 1.165) is 12.1 Å². The highest BCUT2D eigenvalue weighted by Gasteiger charge is 2.18. The van der Waals surface area contributed by atoms with Crippen LogP contribution in [-0.2, 0) is 0 Å². The van der Waals surface area contributed by atoms with Crippen LogP contribution in [-0.4, -0.2) is 19.9 Å². The first-order valence-electron chi connectivity index (χ1n) is 4.31. The van der Waals surface area contributed by atoms with Gasteiger partial charge in [0.15, 0.2) is 17.4 Å². The third-order valence-electron chi connectivity index (χ3n) is 1.97. The van der Waals surface area contributed by atoms with Gasteiger partial charge in [0.25, 0.3) is 0 Å². The second-order valence-corrected chi connectivity index (χ2v) is 3.22. The molecule has 0 amide bonds. The van der Waals surface area contributed by atoms with Crippen LogP contribution >= 0.6 is 0 Å². The maximum Gasteiger partial charge on any atom is 0.187 e. The number of carbonyl (C=O) groups is 1. The molecule has 0 saturated carbocycles. The highest BCUT2D eigenvalue weighted by atomic mass is 19.2. The van der Waals surface area contributed by atoms with Gasteiger partial charge in [0.2, 0.25) is 0 Å². The number of anilines is 1. The molecule has 1 aromatic carbocycles. The number of hydrogen-bond acceptors (Lipinski definition) is 2. The molecule has 4 heteroatoms. The lowest BCUT2D eigenvalue weighted by Gasteiger charge is -2.17. The van der Waals surface area contributed by atoms with Gasteiger partial charge < -0.3 is 4.90 Å². The van der Waals surface area contributed by atoms with Gasteiger partial charge in [0.1, 0.15) is 0 Å². The topological polar surface area (TPSA) is 20.3 Å². The van der Waals surface area contributed by atoms with Gasteiger partial charge >= 0.3 is 0 Å². The van der Waals surface area contributed by atoms with E-state index in [4.69, 9.17) is 0 Å². The van der Waals surface area contributed by atoms with E-state index in [1.54, 1.807) is 0 Å². The SMILES string of the molecule is C=CC(=O)c1ccc(F)c(F)c1N(C)C. The number of halogens is 2. The van der Waals surface area contributed by atoms with Crippen LogP contribution in [0, 0.1) is 11.6 Å². The van der Waals surface area contributed by atoms with Crippen LogP contribution in [0.15, 0.2) is 24.8 Å². The summed E-state index contributed by atoms with van der Waals surface area (Å²) < 4.78 is 26.4. The van der Waals surface area contributed by atoms with Crippen molar-refractivity contribution in [2.75, 3.05) is 19.0 Å². The van der Waals surface area contributed by atoms with E-state index in [0.29, 0.717) is 0 Å². The molecule has 0 aliphatic carbocycles. The van der Waals surface area contributed by atoms with Crippen LogP contribution < -0.4 is 4.90 Å². The minimum atomic E-state index is -1.02. The molecule has 0 aliphatic heterocycles. The van der Waals surface area contributed by atoms with Gasteiger partial charge in [-0.2, -0.15) is 0 Å². The maximum absolute atomic E-state index is 13.4. The summed E-state index contributed by atoms with van der Waals surface area (Å²) >= 11 is 0. The Morgan fingerprint density at radius 1 is 1.40 bits per heavy atom. The minimum absolute atomic E-state index is 0.0556. The van der Waals surface area contributed by atoms with Crippen molar-refractivity contribution in [3.05, 3.63) is 42.0 Å². The number of nitrogens with zero attached hydrogens (tertiary/aromatic N) is 1. The molecule has 0 unspecified atom stereocenters. The third kappa shape index (κ3) is 2.03. The van der Waals surface area contributed by atoms with Crippen molar-refractivity contribution in [2.45, 2.75) is 0 Å². The first-order valence-corrected chi connectivity index (χ1v) is 4.31. The first-order chi connectivity index (χ1) is 6.99. The van der Waals surface area contributed by atoms with Gasteiger partial charge in [-0.25, -0.2) is 8.78 Å². The lowest BCUT2D eigenvalue weighted by atomic mass is 10.1. The van der Waals surface area contributed by atoms with Gasteiger partial charge in [0.05, 0.1) is 5.69 Å². The predicted octanol–water partition coefficient (Wildman–Crippen LogP) is 2.40. The Morgan fingerprint density at radius 3 is 2.47 bits per heavy atom. The molecule has 0 N–H and O–H groups in total. The summed E-state index contributed by atoms with van der Waals surface area (Å²) in [5.41, 5.74) is 0.0498. The fourth-order valence-electron chi connectivity index (χ4n) is 1.29. The molecule has 80 valence electrons. The molecular formula is C11H11F2NO. The predicted molar refractivity (Wildman–Crippen MR) is 55.2 cm³/mol. The summed E-state index contributed by atoms with van der Waals surface area (Å²) in [5, 5.41) is 0. The molecule has 2 nitrogen and oxygen atoms in total. The molecule has 1 aromatic rings. The van der Waals surface area contributed by atoms with E-state index in [1.165, 1.54) is 25.1 Å². The summed E-state index contributed by atoms with van der Waals surface area (Å²) in [6.07, 6.45) is 1.07. The summed E-state index contributed by atoms with van der Waals surface area (Å²) in [4.78, 5) is 12.7. The number of hydrogen-bond donors (Lipinski definition) is 0. The van der Waals surface area contributed by atoms with Crippen LogP contribution in [0.4, 0.5) is 14.5 Å². The molecule has 0 atom stereocenters. The lowest BCUT2D eigenvalue weighted by Crippen LogP contribution is -2.16. The van der Waals surface area contributed by atoms with E-state index < -0.39 is 17.4 Å². The Hall–Kier alpha value is -1.71. The van der Waals surface area contributed by atoms with E-state index in [2.05, 4.69) is 6.58 Å². The largest absolute Gasteiger partial charge is 0.375 e. The lowest BCUT2D eigenvalue weighted by molar-refractivity contribution is 0.104. The van der Waals surface area contributed by atoms with Crippen molar-refractivity contribution in [3.8, 4) is 0 Å². The maximum atomic E-state index is 13.4. The quantitative estimate of drug-likeness (QED) is 0.565. The van der Waals surface area contributed by atoms with Crippen LogP contribution in [0.25, 0.3) is 0 Å². The minimum Gasteiger partial charge on any atom is -0.375 e.